The van der Waals surface area contributed by atoms with Crippen LogP contribution >= 0.6 is 0 Å². The Morgan fingerprint density at radius 2 is 1.76 bits per heavy atom. The van der Waals surface area contributed by atoms with Crippen LogP contribution in [0, 0.1) is 12.8 Å². The molecule has 3 heterocycles. The van der Waals surface area contributed by atoms with Crippen LogP contribution in [0.4, 0.5) is 5.69 Å². The summed E-state index contributed by atoms with van der Waals surface area (Å²) in [6, 6.07) is 8.64. The van der Waals surface area contributed by atoms with E-state index in [9.17, 15) is 9.59 Å². The zero-order chi connectivity index (χ0) is 28.9. The van der Waals surface area contributed by atoms with Gasteiger partial charge in [0.05, 0.1) is 24.8 Å². The summed E-state index contributed by atoms with van der Waals surface area (Å²) in [6.07, 6.45) is 7.47. The normalized spacial score (nSPS) is 20.4. The molecule has 2 aromatic rings. The van der Waals surface area contributed by atoms with Crippen LogP contribution in [0.15, 0.2) is 53.8 Å². The summed E-state index contributed by atoms with van der Waals surface area (Å²) in [7, 11) is 2.11. The first-order valence-corrected chi connectivity index (χ1v) is 14.7. The van der Waals surface area contributed by atoms with E-state index in [1.165, 1.54) is 0 Å². The predicted octanol–water partition coefficient (Wildman–Crippen LogP) is 4.33. The molecule has 2 saturated heterocycles. The number of ketones is 1. The molecule has 0 spiro atoms. The van der Waals surface area contributed by atoms with Crippen molar-refractivity contribution in [3.63, 3.8) is 0 Å². The Morgan fingerprint density at radius 1 is 1.02 bits per heavy atom. The number of aromatic nitrogens is 1. The minimum absolute atomic E-state index is 0.0384. The largest absolute Gasteiger partial charge is 0.381 e. The second-order valence-electron chi connectivity index (χ2n) is 11.5. The SMILES string of the molecule is CC1=CC(=O)C(CNC(=O)c2cc(-c3ccc(CN4CCOCC4)nc3)cc(N(C)C3CCOCC3)c2C)C(C)=C1. The average molecular weight is 559 g/mol. The number of allylic oxidation sites excluding steroid dienone is 3. The van der Waals surface area contributed by atoms with E-state index in [2.05, 4.69) is 40.4 Å². The molecule has 0 saturated carbocycles. The number of amides is 1. The van der Waals surface area contributed by atoms with Crippen LogP contribution in [0.5, 0.6) is 0 Å². The number of carbonyl (C=O) groups excluding carboxylic acids is 2. The van der Waals surface area contributed by atoms with E-state index in [0.717, 1.165) is 98.1 Å². The quantitative estimate of drug-likeness (QED) is 0.517. The molecule has 5 rings (SSSR count). The maximum Gasteiger partial charge on any atom is 0.251 e. The number of nitrogens with one attached hydrogen (secondary N) is 1. The molecule has 1 aromatic heterocycles. The van der Waals surface area contributed by atoms with Gasteiger partial charge in [-0.05, 0) is 74.6 Å². The molecule has 1 atom stereocenters. The summed E-state index contributed by atoms with van der Waals surface area (Å²) in [4.78, 5) is 35.7. The van der Waals surface area contributed by atoms with Gasteiger partial charge < -0.3 is 19.7 Å². The Labute approximate surface area is 243 Å². The molecule has 1 amide bonds. The number of ether oxygens (including phenoxy) is 2. The summed E-state index contributed by atoms with van der Waals surface area (Å²) >= 11 is 0. The first-order chi connectivity index (χ1) is 19.8. The first kappa shape index (κ1) is 29.2. The van der Waals surface area contributed by atoms with Crippen molar-refractivity contribution < 1.29 is 19.1 Å². The van der Waals surface area contributed by atoms with Crippen LogP contribution in [-0.4, -0.2) is 80.7 Å². The Kier molecular flexibility index (Phi) is 9.32. The molecule has 1 N–H and O–H groups in total. The summed E-state index contributed by atoms with van der Waals surface area (Å²) < 4.78 is 11.1. The highest BCUT2D eigenvalue weighted by atomic mass is 16.5. The first-order valence-electron chi connectivity index (χ1n) is 14.7. The lowest BCUT2D eigenvalue weighted by Gasteiger charge is -2.34. The van der Waals surface area contributed by atoms with Gasteiger partial charge in [0.2, 0.25) is 0 Å². The molecule has 218 valence electrons. The van der Waals surface area contributed by atoms with Crippen molar-refractivity contribution in [1.29, 1.82) is 0 Å². The topological polar surface area (TPSA) is 84.0 Å². The smallest absolute Gasteiger partial charge is 0.251 e. The van der Waals surface area contributed by atoms with Gasteiger partial charge in [-0.2, -0.15) is 0 Å². The van der Waals surface area contributed by atoms with Crippen LogP contribution in [0.3, 0.4) is 0 Å². The van der Waals surface area contributed by atoms with Gasteiger partial charge in [0, 0.05) is 75.5 Å². The molecule has 8 heteroatoms. The highest BCUT2D eigenvalue weighted by Gasteiger charge is 2.26. The highest BCUT2D eigenvalue weighted by molar-refractivity contribution is 6.00. The third-order valence-electron chi connectivity index (χ3n) is 8.58. The van der Waals surface area contributed by atoms with Crippen molar-refractivity contribution >= 4 is 17.4 Å². The minimum Gasteiger partial charge on any atom is -0.381 e. The van der Waals surface area contributed by atoms with E-state index < -0.39 is 0 Å². The number of rotatable bonds is 8. The number of anilines is 1. The molecule has 2 aliphatic heterocycles. The van der Waals surface area contributed by atoms with Gasteiger partial charge in [0.25, 0.3) is 5.91 Å². The summed E-state index contributed by atoms with van der Waals surface area (Å²) in [5.74, 6) is -0.468. The number of pyridine rings is 1. The van der Waals surface area contributed by atoms with Crippen molar-refractivity contribution in [2.24, 2.45) is 5.92 Å². The maximum atomic E-state index is 13.7. The molecular formula is C33H42N4O4. The van der Waals surface area contributed by atoms with E-state index in [1.54, 1.807) is 6.08 Å². The number of morpholine rings is 1. The molecule has 3 aliphatic rings. The van der Waals surface area contributed by atoms with Crippen molar-refractivity contribution in [3.05, 3.63) is 70.6 Å². The van der Waals surface area contributed by atoms with Gasteiger partial charge in [0.1, 0.15) is 0 Å². The van der Waals surface area contributed by atoms with E-state index in [1.807, 2.05) is 39.1 Å². The lowest BCUT2D eigenvalue weighted by atomic mass is 9.88. The number of hydrogen-bond donors (Lipinski definition) is 1. The third-order valence-corrected chi connectivity index (χ3v) is 8.58. The Bertz CT molecular complexity index is 1320. The lowest BCUT2D eigenvalue weighted by molar-refractivity contribution is -0.117. The zero-order valence-electron chi connectivity index (χ0n) is 24.7. The van der Waals surface area contributed by atoms with E-state index >= 15 is 0 Å². The number of carbonyl (C=O) groups is 2. The summed E-state index contributed by atoms with van der Waals surface area (Å²) in [5, 5.41) is 3.06. The minimum atomic E-state index is -0.335. The number of nitrogens with zero attached hydrogens (tertiary/aromatic N) is 3. The lowest BCUT2D eigenvalue weighted by Crippen LogP contribution is -2.38. The molecular weight excluding hydrogens is 516 g/mol. The summed E-state index contributed by atoms with van der Waals surface area (Å²) in [5.41, 5.74) is 7.43. The highest BCUT2D eigenvalue weighted by Crippen LogP contribution is 2.33. The van der Waals surface area contributed by atoms with Gasteiger partial charge in [-0.1, -0.05) is 17.7 Å². The van der Waals surface area contributed by atoms with E-state index in [4.69, 9.17) is 14.5 Å². The molecule has 1 unspecified atom stereocenters. The molecule has 0 radical (unpaired) electrons. The fraction of sp³-hybridized carbons (Fsp3) is 0.485. The number of hydrogen-bond acceptors (Lipinski definition) is 7. The van der Waals surface area contributed by atoms with Gasteiger partial charge in [-0.15, -0.1) is 0 Å². The Morgan fingerprint density at radius 3 is 2.44 bits per heavy atom. The second-order valence-corrected chi connectivity index (χ2v) is 11.5. The van der Waals surface area contributed by atoms with Crippen LogP contribution < -0.4 is 10.2 Å². The van der Waals surface area contributed by atoms with E-state index in [0.29, 0.717) is 11.6 Å². The van der Waals surface area contributed by atoms with Crippen molar-refractivity contribution in [3.8, 4) is 11.1 Å². The van der Waals surface area contributed by atoms with Gasteiger partial charge >= 0.3 is 0 Å². The summed E-state index contributed by atoms with van der Waals surface area (Å²) in [6.45, 7) is 11.8. The third kappa shape index (κ3) is 6.94. The Hall–Kier alpha value is -3.33. The van der Waals surface area contributed by atoms with Gasteiger partial charge in [-0.25, -0.2) is 0 Å². The van der Waals surface area contributed by atoms with Crippen LogP contribution in [0.2, 0.25) is 0 Å². The van der Waals surface area contributed by atoms with Crippen molar-refractivity contribution in [2.75, 3.05) is 58.0 Å². The van der Waals surface area contributed by atoms with Crippen LogP contribution in [-0.2, 0) is 20.8 Å². The van der Waals surface area contributed by atoms with Crippen LogP contribution in [0.25, 0.3) is 11.1 Å². The fourth-order valence-corrected chi connectivity index (χ4v) is 6.02. The molecule has 2 fully saturated rings. The molecule has 41 heavy (non-hydrogen) atoms. The standard InChI is InChI=1S/C33H42N4O4/c1-22-15-23(2)30(32(38)16-22)20-35-33(39)29-17-26(18-31(24(29)3)36(4)28-7-11-40-12-8-28)25-5-6-27(34-19-25)21-37-9-13-41-14-10-37/h5-6,15-19,28,30H,7-14,20-21H2,1-4H3,(H,35,39). The van der Waals surface area contributed by atoms with E-state index in [-0.39, 0.29) is 24.2 Å². The van der Waals surface area contributed by atoms with Crippen molar-refractivity contribution in [1.82, 2.24) is 15.2 Å². The molecule has 0 bridgehead atoms. The Balaban J connectivity index is 1.41. The number of benzene rings is 1. The van der Waals surface area contributed by atoms with Crippen molar-refractivity contribution in [2.45, 2.75) is 46.2 Å². The fourth-order valence-electron chi connectivity index (χ4n) is 6.02. The maximum absolute atomic E-state index is 13.7. The average Bonchev–Trinajstić information content (AvgIpc) is 2.97. The van der Waals surface area contributed by atoms with Gasteiger partial charge in [0.15, 0.2) is 5.78 Å². The van der Waals surface area contributed by atoms with Gasteiger partial charge in [-0.3, -0.25) is 19.5 Å². The molecule has 1 aliphatic carbocycles. The molecule has 1 aromatic carbocycles. The monoisotopic (exact) mass is 558 g/mol. The molecule has 8 nitrogen and oxygen atoms in total. The second kappa shape index (κ2) is 13.1. The van der Waals surface area contributed by atoms with Crippen LogP contribution in [0.1, 0.15) is 48.3 Å². The zero-order valence-corrected chi connectivity index (χ0v) is 24.7. The predicted molar refractivity (Wildman–Crippen MR) is 161 cm³/mol.